The van der Waals surface area contributed by atoms with Crippen LogP contribution in [-0.2, 0) is 15.0 Å². The van der Waals surface area contributed by atoms with Gasteiger partial charge >= 0.3 is 5.97 Å². The first-order valence-corrected chi connectivity index (χ1v) is 8.04. The van der Waals surface area contributed by atoms with Crippen molar-refractivity contribution in [3.63, 3.8) is 0 Å². The van der Waals surface area contributed by atoms with E-state index >= 15 is 0 Å². The third-order valence-corrected chi connectivity index (χ3v) is 4.34. The summed E-state index contributed by atoms with van der Waals surface area (Å²) in [5.41, 5.74) is 2.23. The largest absolute Gasteiger partial charge is 0.481 e. The minimum Gasteiger partial charge on any atom is -0.481 e. The number of carbonyl (C=O) groups excluding carboxylic acids is 1. The number of hydrogen-bond acceptors (Lipinski definition) is 5. The standard InChI is InChI=1S/C16H19N3O3S/c1-16(2,3)11-6-4-10(5-7-11)9-17-19-15-18-14(22)12(23-15)8-13(20)21/h4-7,9,12H,8H2,1-3H3,(H,20,21)(H,18,19,22)/b17-9-. The molecule has 1 fully saturated rings. The van der Waals surface area contributed by atoms with Crippen LogP contribution in [0.5, 0.6) is 0 Å². The van der Waals surface area contributed by atoms with Crippen molar-refractivity contribution in [3.05, 3.63) is 35.4 Å². The molecule has 1 unspecified atom stereocenters. The van der Waals surface area contributed by atoms with Crippen LogP contribution in [-0.4, -0.2) is 33.6 Å². The summed E-state index contributed by atoms with van der Waals surface area (Å²) in [5, 5.41) is 18.8. The molecule has 1 aromatic rings. The molecule has 0 aromatic heterocycles. The van der Waals surface area contributed by atoms with E-state index in [1.165, 1.54) is 5.56 Å². The van der Waals surface area contributed by atoms with Gasteiger partial charge < -0.3 is 10.4 Å². The second kappa shape index (κ2) is 6.95. The monoisotopic (exact) mass is 333 g/mol. The highest BCUT2D eigenvalue weighted by Gasteiger charge is 2.32. The highest BCUT2D eigenvalue weighted by molar-refractivity contribution is 8.15. The quantitative estimate of drug-likeness (QED) is 0.654. The summed E-state index contributed by atoms with van der Waals surface area (Å²) < 4.78 is 0. The SMILES string of the molecule is CC(C)(C)c1ccc(/C=N\N=C2/NC(=O)C(CC(=O)O)S2)cc1. The zero-order chi connectivity index (χ0) is 17.0. The highest BCUT2D eigenvalue weighted by atomic mass is 32.2. The normalized spacial score (nSPS) is 20.2. The fraction of sp³-hybridized carbons (Fsp3) is 0.375. The number of carbonyl (C=O) groups is 2. The van der Waals surface area contributed by atoms with Gasteiger partial charge in [-0.3, -0.25) is 9.59 Å². The van der Waals surface area contributed by atoms with E-state index in [-0.39, 0.29) is 17.7 Å². The first-order valence-electron chi connectivity index (χ1n) is 7.16. The molecule has 0 saturated carbocycles. The van der Waals surface area contributed by atoms with Gasteiger partial charge in [0.2, 0.25) is 5.91 Å². The van der Waals surface area contributed by atoms with Crippen molar-refractivity contribution in [1.29, 1.82) is 0 Å². The van der Waals surface area contributed by atoms with Crippen LogP contribution in [0.2, 0.25) is 0 Å². The second-order valence-electron chi connectivity index (χ2n) is 6.22. The molecule has 23 heavy (non-hydrogen) atoms. The Morgan fingerprint density at radius 1 is 1.35 bits per heavy atom. The van der Waals surface area contributed by atoms with Gasteiger partial charge in [-0.1, -0.05) is 56.8 Å². The van der Waals surface area contributed by atoms with Crippen LogP contribution in [0.15, 0.2) is 34.5 Å². The van der Waals surface area contributed by atoms with E-state index in [9.17, 15) is 9.59 Å². The van der Waals surface area contributed by atoms with Crippen LogP contribution in [0.4, 0.5) is 0 Å². The number of hydrogen-bond donors (Lipinski definition) is 2. The van der Waals surface area contributed by atoms with Gasteiger partial charge in [0.1, 0.15) is 5.25 Å². The van der Waals surface area contributed by atoms with Crippen molar-refractivity contribution in [2.45, 2.75) is 37.9 Å². The molecular weight excluding hydrogens is 314 g/mol. The number of rotatable bonds is 4. The lowest BCUT2D eigenvalue weighted by atomic mass is 9.87. The minimum atomic E-state index is -1.01. The van der Waals surface area contributed by atoms with Crippen molar-refractivity contribution < 1.29 is 14.7 Å². The maximum atomic E-state index is 11.6. The Balaban J connectivity index is 1.99. The zero-order valence-electron chi connectivity index (χ0n) is 13.2. The summed E-state index contributed by atoms with van der Waals surface area (Å²) in [6, 6.07) is 8.00. The number of thioether (sulfide) groups is 1. The van der Waals surface area contributed by atoms with Gasteiger partial charge in [0, 0.05) is 0 Å². The van der Waals surface area contributed by atoms with Crippen LogP contribution >= 0.6 is 11.8 Å². The van der Waals surface area contributed by atoms with Crippen LogP contribution in [0, 0.1) is 0 Å². The molecule has 1 atom stereocenters. The number of benzene rings is 1. The molecule has 0 bridgehead atoms. The van der Waals surface area contributed by atoms with E-state index < -0.39 is 11.2 Å². The minimum absolute atomic E-state index is 0.0970. The third kappa shape index (κ3) is 4.92. The van der Waals surface area contributed by atoms with Crippen molar-refractivity contribution in [3.8, 4) is 0 Å². The van der Waals surface area contributed by atoms with E-state index in [2.05, 4.69) is 36.3 Å². The topological polar surface area (TPSA) is 91.1 Å². The molecule has 2 rings (SSSR count). The van der Waals surface area contributed by atoms with E-state index in [0.717, 1.165) is 17.3 Å². The van der Waals surface area contributed by atoms with Crippen molar-refractivity contribution in [2.24, 2.45) is 10.2 Å². The number of aliphatic carboxylic acids is 1. The zero-order valence-corrected chi connectivity index (χ0v) is 14.1. The fourth-order valence-electron chi connectivity index (χ4n) is 1.96. The Morgan fingerprint density at radius 3 is 2.57 bits per heavy atom. The number of amides is 1. The second-order valence-corrected chi connectivity index (χ2v) is 7.41. The van der Waals surface area contributed by atoms with Crippen LogP contribution in [0.1, 0.15) is 38.3 Å². The Morgan fingerprint density at radius 2 is 2.00 bits per heavy atom. The molecule has 1 amide bonds. The maximum absolute atomic E-state index is 11.6. The van der Waals surface area contributed by atoms with Gasteiger partial charge in [-0.2, -0.15) is 5.10 Å². The molecule has 1 aliphatic heterocycles. The van der Waals surface area contributed by atoms with Crippen molar-refractivity contribution in [1.82, 2.24) is 5.32 Å². The smallest absolute Gasteiger partial charge is 0.305 e. The summed E-state index contributed by atoms with van der Waals surface area (Å²) in [4.78, 5) is 22.2. The van der Waals surface area contributed by atoms with Crippen LogP contribution in [0.25, 0.3) is 0 Å². The molecule has 0 aliphatic carbocycles. The molecule has 1 heterocycles. The number of carboxylic acids is 1. The summed E-state index contributed by atoms with van der Waals surface area (Å²) in [6.07, 6.45) is 1.37. The molecular formula is C16H19N3O3S. The summed E-state index contributed by atoms with van der Waals surface area (Å²) in [7, 11) is 0. The van der Waals surface area contributed by atoms with Crippen LogP contribution in [0.3, 0.4) is 0 Å². The predicted octanol–water partition coefficient (Wildman–Crippen LogP) is 2.38. The van der Waals surface area contributed by atoms with Crippen LogP contribution < -0.4 is 5.32 Å². The molecule has 7 heteroatoms. The average molecular weight is 333 g/mol. The van der Waals surface area contributed by atoms with Gasteiger partial charge in [0.15, 0.2) is 5.17 Å². The number of carboxylic acid groups (broad SMARTS) is 1. The molecule has 1 aromatic carbocycles. The molecule has 0 radical (unpaired) electrons. The lowest BCUT2D eigenvalue weighted by Crippen LogP contribution is -2.26. The Hall–Kier alpha value is -2.15. The maximum Gasteiger partial charge on any atom is 0.305 e. The Labute approximate surface area is 139 Å². The van der Waals surface area contributed by atoms with Gasteiger partial charge in [0.05, 0.1) is 12.6 Å². The summed E-state index contributed by atoms with van der Waals surface area (Å²) in [6.45, 7) is 6.45. The fourth-order valence-corrected chi connectivity index (χ4v) is 2.88. The van der Waals surface area contributed by atoms with Gasteiger partial charge in [-0.25, -0.2) is 0 Å². The summed E-state index contributed by atoms with van der Waals surface area (Å²) >= 11 is 1.08. The van der Waals surface area contributed by atoms with Crippen molar-refractivity contribution in [2.75, 3.05) is 0 Å². The summed E-state index contributed by atoms with van der Waals surface area (Å²) in [5.74, 6) is -1.36. The lowest BCUT2D eigenvalue weighted by Gasteiger charge is -2.18. The third-order valence-electron chi connectivity index (χ3n) is 3.27. The van der Waals surface area contributed by atoms with Crippen molar-refractivity contribution >= 4 is 35.0 Å². The van der Waals surface area contributed by atoms with E-state index in [4.69, 9.17) is 5.11 Å². The highest BCUT2D eigenvalue weighted by Crippen LogP contribution is 2.23. The molecule has 0 spiro atoms. The molecule has 6 nitrogen and oxygen atoms in total. The number of amidine groups is 1. The van der Waals surface area contributed by atoms with Gasteiger partial charge in [-0.05, 0) is 16.5 Å². The van der Waals surface area contributed by atoms with E-state index in [0.29, 0.717) is 5.17 Å². The van der Waals surface area contributed by atoms with E-state index in [1.807, 2.05) is 24.3 Å². The number of nitrogens with zero attached hydrogens (tertiary/aromatic N) is 2. The average Bonchev–Trinajstić information content (AvgIpc) is 2.78. The molecule has 1 saturated heterocycles. The lowest BCUT2D eigenvalue weighted by molar-refractivity contribution is -0.138. The molecule has 122 valence electrons. The first kappa shape index (κ1) is 17.2. The Bertz CT molecular complexity index is 660. The van der Waals surface area contributed by atoms with Gasteiger partial charge in [-0.15, -0.1) is 5.10 Å². The van der Waals surface area contributed by atoms with Gasteiger partial charge in [0.25, 0.3) is 0 Å². The van der Waals surface area contributed by atoms with E-state index in [1.54, 1.807) is 6.21 Å². The predicted molar refractivity (Wildman–Crippen MR) is 91.9 cm³/mol. The molecule has 1 aliphatic rings. The Kier molecular flexibility index (Phi) is 5.20. The first-order chi connectivity index (χ1) is 10.8. The molecule has 2 N–H and O–H groups in total. The number of nitrogens with one attached hydrogen (secondary N) is 1.